The standard InChI is InChI=1S/C14H12ClFN2O3/c1-17-8-9-2-3-10(6-12(9)15)21-11-4-5-14(18(19)20)13(16)7-11/h2-7,17H,8H2,1H3. The summed E-state index contributed by atoms with van der Waals surface area (Å²) >= 11 is 6.09. The number of nitrogens with zero attached hydrogens (tertiary/aromatic N) is 1. The second kappa shape index (κ2) is 6.51. The van der Waals surface area contributed by atoms with Gasteiger partial charge in [0.2, 0.25) is 5.82 Å². The summed E-state index contributed by atoms with van der Waals surface area (Å²) in [5.74, 6) is -0.362. The minimum Gasteiger partial charge on any atom is -0.457 e. The van der Waals surface area contributed by atoms with Crippen molar-refractivity contribution < 1.29 is 14.1 Å². The van der Waals surface area contributed by atoms with Crippen LogP contribution in [0.5, 0.6) is 11.5 Å². The third kappa shape index (κ3) is 3.68. The van der Waals surface area contributed by atoms with Gasteiger partial charge in [-0.2, -0.15) is 4.39 Å². The maximum Gasteiger partial charge on any atom is 0.305 e. The minimum atomic E-state index is -0.949. The molecule has 0 amide bonds. The predicted octanol–water partition coefficient (Wildman–Crippen LogP) is 3.90. The second-order valence-corrected chi connectivity index (χ2v) is 4.66. The molecule has 0 atom stereocenters. The first kappa shape index (κ1) is 15.2. The Bertz CT molecular complexity index is 679. The van der Waals surface area contributed by atoms with Crippen molar-refractivity contribution in [1.29, 1.82) is 0 Å². The first-order valence-corrected chi connectivity index (χ1v) is 6.44. The molecule has 0 fully saturated rings. The van der Waals surface area contributed by atoms with Crippen LogP contribution in [0.15, 0.2) is 36.4 Å². The first-order chi connectivity index (χ1) is 10.0. The summed E-state index contributed by atoms with van der Waals surface area (Å²) in [6.07, 6.45) is 0. The zero-order chi connectivity index (χ0) is 15.4. The van der Waals surface area contributed by atoms with Gasteiger partial charge < -0.3 is 10.1 Å². The maximum absolute atomic E-state index is 13.5. The fourth-order valence-corrected chi connectivity index (χ4v) is 2.00. The fourth-order valence-electron chi connectivity index (χ4n) is 1.76. The summed E-state index contributed by atoms with van der Waals surface area (Å²) in [5, 5.41) is 14.0. The number of ether oxygens (including phenoxy) is 1. The van der Waals surface area contributed by atoms with E-state index in [0.717, 1.165) is 17.7 Å². The van der Waals surface area contributed by atoms with Crippen molar-refractivity contribution in [2.24, 2.45) is 0 Å². The molecule has 1 N–H and O–H groups in total. The van der Waals surface area contributed by atoms with Gasteiger partial charge in [-0.25, -0.2) is 0 Å². The van der Waals surface area contributed by atoms with E-state index in [1.165, 1.54) is 6.07 Å². The Morgan fingerprint density at radius 2 is 1.95 bits per heavy atom. The van der Waals surface area contributed by atoms with Crippen LogP contribution in [0.1, 0.15) is 5.56 Å². The van der Waals surface area contributed by atoms with Crippen molar-refractivity contribution in [3.63, 3.8) is 0 Å². The van der Waals surface area contributed by atoms with Gasteiger partial charge in [-0.3, -0.25) is 10.1 Å². The first-order valence-electron chi connectivity index (χ1n) is 6.06. The van der Waals surface area contributed by atoms with E-state index in [-0.39, 0.29) is 5.75 Å². The number of hydrogen-bond acceptors (Lipinski definition) is 4. The van der Waals surface area contributed by atoms with Crippen molar-refractivity contribution in [2.45, 2.75) is 6.54 Å². The zero-order valence-electron chi connectivity index (χ0n) is 11.1. The average molecular weight is 311 g/mol. The number of nitro benzene ring substituents is 1. The van der Waals surface area contributed by atoms with E-state index in [0.29, 0.717) is 17.3 Å². The maximum atomic E-state index is 13.5. The van der Waals surface area contributed by atoms with Gasteiger partial charge in [0.1, 0.15) is 11.5 Å². The van der Waals surface area contributed by atoms with Crippen LogP contribution in [-0.2, 0) is 6.54 Å². The SMILES string of the molecule is CNCc1ccc(Oc2ccc([N+](=O)[O-])c(F)c2)cc1Cl. The lowest BCUT2D eigenvalue weighted by Crippen LogP contribution is -2.05. The molecule has 0 bridgehead atoms. The topological polar surface area (TPSA) is 64.4 Å². The van der Waals surface area contributed by atoms with E-state index in [2.05, 4.69) is 5.32 Å². The zero-order valence-corrected chi connectivity index (χ0v) is 11.9. The second-order valence-electron chi connectivity index (χ2n) is 4.26. The monoisotopic (exact) mass is 310 g/mol. The highest BCUT2D eigenvalue weighted by atomic mass is 35.5. The number of nitrogens with one attached hydrogen (secondary N) is 1. The molecule has 0 unspecified atom stereocenters. The Kier molecular flexibility index (Phi) is 4.72. The van der Waals surface area contributed by atoms with Gasteiger partial charge in [0.25, 0.3) is 0 Å². The highest BCUT2D eigenvalue weighted by Gasteiger charge is 2.14. The van der Waals surface area contributed by atoms with Gasteiger partial charge in [0, 0.05) is 23.7 Å². The molecule has 0 radical (unpaired) electrons. The summed E-state index contributed by atoms with van der Waals surface area (Å²) in [7, 11) is 1.81. The van der Waals surface area contributed by atoms with E-state index in [9.17, 15) is 14.5 Å². The number of halogens is 2. The van der Waals surface area contributed by atoms with E-state index in [1.807, 2.05) is 0 Å². The lowest BCUT2D eigenvalue weighted by atomic mass is 10.2. The number of benzene rings is 2. The van der Waals surface area contributed by atoms with Gasteiger partial charge in [-0.15, -0.1) is 0 Å². The molecule has 7 heteroatoms. The molecule has 2 rings (SSSR count). The molecule has 0 aliphatic rings. The Morgan fingerprint density at radius 1 is 1.29 bits per heavy atom. The largest absolute Gasteiger partial charge is 0.457 e. The third-order valence-electron chi connectivity index (χ3n) is 2.74. The van der Waals surface area contributed by atoms with E-state index < -0.39 is 16.4 Å². The Labute approximate surface area is 125 Å². The molecule has 2 aromatic rings. The van der Waals surface area contributed by atoms with Crippen LogP contribution < -0.4 is 10.1 Å². The molecule has 110 valence electrons. The highest BCUT2D eigenvalue weighted by Crippen LogP contribution is 2.29. The molecular formula is C14H12ClFN2O3. The van der Waals surface area contributed by atoms with Crippen LogP contribution >= 0.6 is 11.6 Å². The lowest BCUT2D eigenvalue weighted by Gasteiger charge is -2.09. The molecule has 0 spiro atoms. The van der Waals surface area contributed by atoms with Crippen LogP contribution in [0, 0.1) is 15.9 Å². The highest BCUT2D eigenvalue weighted by molar-refractivity contribution is 6.31. The lowest BCUT2D eigenvalue weighted by molar-refractivity contribution is -0.387. The molecule has 0 saturated heterocycles. The summed E-state index contributed by atoms with van der Waals surface area (Å²) in [6.45, 7) is 0.616. The molecule has 21 heavy (non-hydrogen) atoms. The van der Waals surface area contributed by atoms with E-state index >= 15 is 0 Å². The third-order valence-corrected chi connectivity index (χ3v) is 3.10. The van der Waals surface area contributed by atoms with Crippen molar-refractivity contribution in [3.8, 4) is 11.5 Å². The Hall–Kier alpha value is -2.18. The molecule has 0 saturated carbocycles. The molecule has 2 aromatic carbocycles. The molecule has 0 aliphatic carbocycles. The minimum absolute atomic E-state index is 0.163. The van der Waals surface area contributed by atoms with Crippen LogP contribution in [0.4, 0.5) is 10.1 Å². The summed E-state index contributed by atoms with van der Waals surface area (Å²) < 4.78 is 18.9. The molecule has 0 aliphatic heterocycles. The normalized spacial score (nSPS) is 10.4. The summed E-state index contributed by atoms with van der Waals surface area (Å²) in [5.41, 5.74) is 0.311. The molecular weight excluding hydrogens is 299 g/mol. The van der Waals surface area contributed by atoms with Crippen LogP contribution in [-0.4, -0.2) is 12.0 Å². The quantitative estimate of drug-likeness (QED) is 0.672. The van der Waals surface area contributed by atoms with Crippen LogP contribution in [0.25, 0.3) is 0 Å². The van der Waals surface area contributed by atoms with E-state index in [4.69, 9.17) is 16.3 Å². The van der Waals surface area contributed by atoms with Crippen LogP contribution in [0.2, 0.25) is 5.02 Å². The van der Waals surface area contributed by atoms with E-state index in [1.54, 1.807) is 25.2 Å². The summed E-state index contributed by atoms with van der Waals surface area (Å²) in [6, 6.07) is 8.44. The number of rotatable bonds is 5. The predicted molar refractivity (Wildman–Crippen MR) is 77.3 cm³/mol. The molecule has 0 aromatic heterocycles. The van der Waals surface area contributed by atoms with Crippen LogP contribution in [0.3, 0.4) is 0 Å². The Balaban J connectivity index is 2.20. The fraction of sp³-hybridized carbons (Fsp3) is 0.143. The smallest absolute Gasteiger partial charge is 0.305 e. The molecule has 0 heterocycles. The van der Waals surface area contributed by atoms with Gasteiger partial charge in [0.05, 0.1) is 4.92 Å². The van der Waals surface area contributed by atoms with Crippen molar-refractivity contribution in [3.05, 3.63) is 62.9 Å². The van der Waals surface area contributed by atoms with Gasteiger partial charge in [0.15, 0.2) is 0 Å². The van der Waals surface area contributed by atoms with Crippen molar-refractivity contribution in [2.75, 3.05) is 7.05 Å². The number of nitro groups is 1. The molecule has 5 nitrogen and oxygen atoms in total. The van der Waals surface area contributed by atoms with Crippen molar-refractivity contribution >= 4 is 17.3 Å². The van der Waals surface area contributed by atoms with Gasteiger partial charge >= 0.3 is 5.69 Å². The van der Waals surface area contributed by atoms with Crippen molar-refractivity contribution in [1.82, 2.24) is 5.32 Å². The van der Waals surface area contributed by atoms with Gasteiger partial charge in [-0.1, -0.05) is 17.7 Å². The number of hydrogen-bond donors (Lipinski definition) is 1. The Morgan fingerprint density at radius 3 is 2.52 bits per heavy atom. The average Bonchev–Trinajstić information content (AvgIpc) is 2.41. The summed E-state index contributed by atoms with van der Waals surface area (Å²) in [4.78, 5) is 9.75. The van der Waals surface area contributed by atoms with Gasteiger partial charge in [-0.05, 0) is 30.8 Å².